The summed E-state index contributed by atoms with van der Waals surface area (Å²) in [6.45, 7) is 2.65. The number of nitrogens with one attached hydrogen (secondary N) is 1. The molecule has 0 saturated carbocycles. The normalized spacial score (nSPS) is 13.3. The Hall–Kier alpha value is -1.47. The van der Waals surface area contributed by atoms with E-state index in [2.05, 4.69) is 4.72 Å². The average molecular weight is 275 g/mol. The minimum Gasteiger partial charge on any atom is -0.481 e. The van der Waals surface area contributed by atoms with E-state index in [1.54, 1.807) is 0 Å². The van der Waals surface area contributed by atoms with E-state index in [1.165, 1.54) is 26.0 Å². The average Bonchev–Trinajstić information content (AvgIpc) is 2.29. The maximum Gasteiger partial charge on any atom is 0.307 e. The Morgan fingerprint density at radius 3 is 2.61 bits per heavy atom. The van der Waals surface area contributed by atoms with E-state index in [1.807, 2.05) is 0 Å². The highest BCUT2D eigenvalue weighted by Gasteiger charge is 2.18. The van der Waals surface area contributed by atoms with Crippen molar-refractivity contribution in [1.29, 1.82) is 0 Å². The number of carbonyl (C=O) groups is 1. The summed E-state index contributed by atoms with van der Waals surface area (Å²) in [6.07, 6.45) is 0. The zero-order valence-electron chi connectivity index (χ0n) is 9.97. The van der Waals surface area contributed by atoms with Gasteiger partial charge in [0.1, 0.15) is 5.82 Å². The van der Waals surface area contributed by atoms with Crippen LogP contribution in [0, 0.1) is 18.7 Å². The van der Waals surface area contributed by atoms with Crippen LogP contribution in [0.1, 0.15) is 12.5 Å². The van der Waals surface area contributed by atoms with Crippen LogP contribution < -0.4 is 4.72 Å². The predicted octanol–water partition coefficient (Wildman–Crippen LogP) is 1.13. The number of halogens is 1. The van der Waals surface area contributed by atoms with E-state index >= 15 is 0 Å². The van der Waals surface area contributed by atoms with Gasteiger partial charge in [-0.3, -0.25) is 4.79 Å². The Morgan fingerprint density at radius 1 is 1.50 bits per heavy atom. The molecule has 1 atom stereocenters. The van der Waals surface area contributed by atoms with Crippen molar-refractivity contribution in [2.45, 2.75) is 18.7 Å². The van der Waals surface area contributed by atoms with Crippen molar-refractivity contribution < 1.29 is 22.7 Å². The zero-order chi connectivity index (χ0) is 13.9. The first-order valence-corrected chi connectivity index (χ1v) is 6.71. The Bertz CT molecular complexity index is 556. The molecule has 1 rings (SSSR count). The molecule has 5 nitrogen and oxygen atoms in total. The van der Waals surface area contributed by atoms with Crippen molar-refractivity contribution in [2.24, 2.45) is 5.92 Å². The number of benzene rings is 1. The number of aliphatic carboxylic acids is 1. The van der Waals surface area contributed by atoms with Gasteiger partial charge < -0.3 is 5.11 Å². The first kappa shape index (κ1) is 14.6. The molecule has 0 amide bonds. The topological polar surface area (TPSA) is 83.5 Å². The fraction of sp³-hybridized carbons (Fsp3) is 0.364. The van der Waals surface area contributed by atoms with Crippen molar-refractivity contribution in [3.63, 3.8) is 0 Å². The second-order valence-corrected chi connectivity index (χ2v) is 5.77. The minimum absolute atomic E-state index is 0.219. The van der Waals surface area contributed by atoms with Gasteiger partial charge in [0, 0.05) is 6.54 Å². The van der Waals surface area contributed by atoms with Crippen LogP contribution in [0.25, 0.3) is 0 Å². The predicted molar refractivity (Wildman–Crippen MR) is 63.1 cm³/mol. The van der Waals surface area contributed by atoms with Crippen LogP contribution in [0.3, 0.4) is 0 Å². The van der Waals surface area contributed by atoms with E-state index in [9.17, 15) is 17.6 Å². The molecule has 0 aliphatic heterocycles. The number of hydrogen-bond donors (Lipinski definition) is 2. The number of sulfonamides is 1. The highest BCUT2D eigenvalue weighted by molar-refractivity contribution is 7.89. The summed E-state index contributed by atoms with van der Waals surface area (Å²) >= 11 is 0. The monoisotopic (exact) mass is 275 g/mol. The molecule has 0 aliphatic carbocycles. The summed E-state index contributed by atoms with van der Waals surface area (Å²) in [6, 6.07) is 3.53. The number of rotatable bonds is 5. The summed E-state index contributed by atoms with van der Waals surface area (Å²) in [4.78, 5) is 10.3. The molecule has 1 unspecified atom stereocenters. The molecule has 0 spiro atoms. The Kier molecular flexibility index (Phi) is 4.42. The van der Waals surface area contributed by atoms with Crippen LogP contribution in [0.2, 0.25) is 0 Å². The van der Waals surface area contributed by atoms with Crippen LogP contribution in [-0.2, 0) is 14.8 Å². The molecule has 1 aromatic rings. The lowest BCUT2D eigenvalue weighted by Crippen LogP contribution is -2.31. The summed E-state index contributed by atoms with van der Waals surface area (Å²) < 4.78 is 38.9. The van der Waals surface area contributed by atoms with E-state index in [0.29, 0.717) is 5.56 Å². The quantitative estimate of drug-likeness (QED) is 0.844. The first-order valence-electron chi connectivity index (χ1n) is 5.22. The van der Waals surface area contributed by atoms with Crippen molar-refractivity contribution in [3.05, 3.63) is 29.6 Å². The molecule has 0 bridgehead atoms. The standard InChI is InChI=1S/C11H14FNO4S/c1-7-3-4-9(5-10(7)12)18(16,17)13-6-8(2)11(14)15/h3-5,8,13H,6H2,1-2H3,(H,14,15). The molecule has 18 heavy (non-hydrogen) atoms. The molecule has 7 heteroatoms. The van der Waals surface area contributed by atoms with E-state index in [-0.39, 0.29) is 11.4 Å². The summed E-state index contributed by atoms with van der Waals surface area (Å²) in [5.41, 5.74) is 0.341. The highest BCUT2D eigenvalue weighted by Crippen LogP contribution is 2.14. The van der Waals surface area contributed by atoms with Crippen LogP contribution >= 0.6 is 0 Å². The van der Waals surface area contributed by atoms with Gasteiger partial charge in [0.25, 0.3) is 0 Å². The molecule has 0 fully saturated rings. The fourth-order valence-corrected chi connectivity index (χ4v) is 2.29. The SMILES string of the molecule is Cc1ccc(S(=O)(=O)NCC(C)C(=O)O)cc1F. The van der Waals surface area contributed by atoms with Gasteiger partial charge in [0.15, 0.2) is 0 Å². The Labute approximate surface area is 105 Å². The number of carboxylic acid groups (broad SMARTS) is 1. The molecule has 0 aliphatic rings. The lowest BCUT2D eigenvalue weighted by atomic mass is 10.2. The van der Waals surface area contributed by atoms with Gasteiger partial charge in [-0.1, -0.05) is 13.0 Å². The maximum absolute atomic E-state index is 13.3. The minimum atomic E-state index is -3.88. The van der Waals surface area contributed by atoms with Crippen molar-refractivity contribution in [3.8, 4) is 0 Å². The van der Waals surface area contributed by atoms with Crippen LogP contribution in [-0.4, -0.2) is 26.0 Å². The number of carboxylic acids is 1. The molecule has 2 N–H and O–H groups in total. The van der Waals surface area contributed by atoms with Gasteiger partial charge in [-0.05, 0) is 24.6 Å². The van der Waals surface area contributed by atoms with Crippen LogP contribution in [0.15, 0.2) is 23.1 Å². The fourth-order valence-electron chi connectivity index (χ4n) is 1.15. The molecule has 0 saturated heterocycles. The molecule has 0 radical (unpaired) electrons. The van der Waals surface area contributed by atoms with Gasteiger partial charge in [0.2, 0.25) is 10.0 Å². The van der Waals surface area contributed by atoms with Crippen molar-refractivity contribution in [2.75, 3.05) is 6.54 Å². The first-order chi connectivity index (χ1) is 8.24. The van der Waals surface area contributed by atoms with Crippen LogP contribution in [0.4, 0.5) is 4.39 Å². The van der Waals surface area contributed by atoms with Gasteiger partial charge in [-0.2, -0.15) is 0 Å². The zero-order valence-corrected chi connectivity index (χ0v) is 10.8. The van der Waals surface area contributed by atoms with Crippen molar-refractivity contribution in [1.82, 2.24) is 4.72 Å². The Balaban J connectivity index is 2.87. The van der Waals surface area contributed by atoms with E-state index in [4.69, 9.17) is 5.11 Å². The van der Waals surface area contributed by atoms with Gasteiger partial charge in [-0.15, -0.1) is 0 Å². The number of aryl methyl sites for hydroxylation is 1. The van der Waals surface area contributed by atoms with Crippen LogP contribution in [0.5, 0.6) is 0 Å². The third-order valence-corrected chi connectivity index (χ3v) is 3.88. The third-order valence-electron chi connectivity index (χ3n) is 2.45. The van der Waals surface area contributed by atoms with Gasteiger partial charge in [0.05, 0.1) is 10.8 Å². The van der Waals surface area contributed by atoms with E-state index in [0.717, 1.165) is 6.07 Å². The lowest BCUT2D eigenvalue weighted by molar-refractivity contribution is -0.140. The number of hydrogen-bond acceptors (Lipinski definition) is 3. The molecular weight excluding hydrogens is 261 g/mol. The van der Waals surface area contributed by atoms with Crippen molar-refractivity contribution >= 4 is 16.0 Å². The van der Waals surface area contributed by atoms with Gasteiger partial charge >= 0.3 is 5.97 Å². The largest absolute Gasteiger partial charge is 0.481 e. The molecule has 0 heterocycles. The molecular formula is C11H14FNO4S. The van der Waals surface area contributed by atoms with E-state index < -0.39 is 27.7 Å². The third kappa shape index (κ3) is 3.51. The smallest absolute Gasteiger partial charge is 0.307 e. The Morgan fingerprint density at radius 2 is 2.11 bits per heavy atom. The highest BCUT2D eigenvalue weighted by atomic mass is 32.2. The molecule has 100 valence electrons. The summed E-state index contributed by atoms with van der Waals surface area (Å²) in [7, 11) is -3.88. The molecule has 1 aromatic carbocycles. The summed E-state index contributed by atoms with van der Waals surface area (Å²) in [5, 5.41) is 8.64. The second kappa shape index (κ2) is 5.45. The summed E-state index contributed by atoms with van der Waals surface area (Å²) in [5.74, 6) is -2.58. The molecule has 0 aromatic heterocycles. The second-order valence-electron chi connectivity index (χ2n) is 4.00. The van der Waals surface area contributed by atoms with Gasteiger partial charge in [-0.25, -0.2) is 17.5 Å². The maximum atomic E-state index is 13.3. The lowest BCUT2D eigenvalue weighted by Gasteiger charge is -2.09.